The standard InChI is InChI=1S/C24H29N3O2/c25-19-24(20-7-3-1-4-8-20)13-11-21(12-14-24)26-15-17-27(18-16-26)23(28)29-22-9-5-2-6-10-22/h1-10,21,23,28H,11-18H2. The number of piperazine rings is 1. The van der Waals surface area contributed by atoms with Crippen LogP contribution in [0.2, 0.25) is 0 Å². The molecule has 1 aliphatic carbocycles. The normalized spacial score (nSPS) is 27.1. The summed E-state index contributed by atoms with van der Waals surface area (Å²) in [6.45, 7) is 3.41. The molecule has 0 aromatic heterocycles. The number of nitrogens with zero attached hydrogens (tertiary/aromatic N) is 3. The quantitative estimate of drug-likeness (QED) is 0.792. The molecule has 0 spiro atoms. The van der Waals surface area contributed by atoms with Gasteiger partial charge in [-0.3, -0.25) is 4.90 Å². The van der Waals surface area contributed by atoms with Crippen molar-refractivity contribution in [3.8, 4) is 11.8 Å². The first-order valence-corrected chi connectivity index (χ1v) is 10.5. The average Bonchev–Trinajstić information content (AvgIpc) is 2.80. The third kappa shape index (κ3) is 4.45. The second-order valence-corrected chi connectivity index (χ2v) is 8.12. The van der Waals surface area contributed by atoms with E-state index < -0.39 is 6.41 Å². The summed E-state index contributed by atoms with van der Waals surface area (Å²) in [5, 5.41) is 20.3. The van der Waals surface area contributed by atoms with Gasteiger partial charge in [0, 0.05) is 32.2 Å². The van der Waals surface area contributed by atoms with Gasteiger partial charge in [0.1, 0.15) is 5.75 Å². The largest absolute Gasteiger partial charge is 0.451 e. The SMILES string of the molecule is N#CC1(c2ccccc2)CCC(N2CCN(C(O)Oc3ccccc3)CC2)CC1. The van der Waals surface area contributed by atoms with E-state index in [0.29, 0.717) is 11.8 Å². The highest BCUT2D eigenvalue weighted by Gasteiger charge is 2.39. The van der Waals surface area contributed by atoms with Crippen molar-refractivity contribution in [1.82, 2.24) is 9.80 Å². The van der Waals surface area contributed by atoms with Gasteiger partial charge in [-0.05, 0) is 43.4 Å². The van der Waals surface area contributed by atoms with Crippen LogP contribution in [-0.2, 0) is 5.41 Å². The molecule has 1 atom stereocenters. The number of benzene rings is 2. The van der Waals surface area contributed by atoms with E-state index in [4.69, 9.17) is 4.74 Å². The minimum Gasteiger partial charge on any atom is -0.451 e. The van der Waals surface area contributed by atoms with E-state index >= 15 is 0 Å². The molecule has 0 amide bonds. The highest BCUT2D eigenvalue weighted by Crippen LogP contribution is 2.40. The molecule has 0 radical (unpaired) electrons. The summed E-state index contributed by atoms with van der Waals surface area (Å²) in [6.07, 6.45) is 3.02. The van der Waals surface area contributed by atoms with Crippen LogP contribution in [0.1, 0.15) is 31.2 Å². The Morgan fingerprint density at radius 1 is 0.931 bits per heavy atom. The van der Waals surface area contributed by atoms with Crippen molar-refractivity contribution in [2.24, 2.45) is 0 Å². The van der Waals surface area contributed by atoms with Crippen molar-refractivity contribution < 1.29 is 9.84 Å². The van der Waals surface area contributed by atoms with Gasteiger partial charge < -0.3 is 9.84 Å². The minimum atomic E-state index is -0.907. The van der Waals surface area contributed by atoms with Crippen LogP contribution in [0.4, 0.5) is 0 Å². The summed E-state index contributed by atoms with van der Waals surface area (Å²) in [5.74, 6) is 0.684. The first-order chi connectivity index (χ1) is 14.2. The van der Waals surface area contributed by atoms with Crippen LogP contribution in [0.5, 0.6) is 5.75 Å². The lowest BCUT2D eigenvalue weighted by Gasteiger charge is -2.44. The number of rotatable bonds is 5. The van der Waals surface area contributed by atoms with Gasteiger partial charge in [-0.15, -0.1) is 0 Å². The van der Waals surface area contributed by atoms with E-state index in [9.17, 15) is 10.4 Å². The third-order valence-corrected chi connectivity index (χ3v) is 6.51. The predicted octanol–water partition coefficient (Wildman–Crippen LogP) is 3.36. The monoisotopic (exact) mass is 391 g/mol. The van der Waals surface area contributed by atoms with Gasteiger partial charge in [0.25, 0.3) is 6.41 Å². The van der Waals surface area contributed by atoms with E-state index in [1.54, 1.807) is 0 Å². The molecule has 2 aromatic rings. The smallest absolute Gasteiger partial charge is 0.259 e. The van der Waals surface area contributed by atoms with Crippen LogP contribution in [-0.4, -0.2) is 53.5 Å². The fourth-order valence-electron chi connectivity index (χ4n) is 4.70. The van der Waals surface area contributed by atoms with E-state index in [1.165, 1.54) is 0 Å². The van der Waals surface area contributed by atoms with Crippen LogP contribution in [0, 0.1) is 11.3 Å². The molecular weight excluding hydrogens is 362 g/mol. The summed E-state index contributed by atoms with van der Waals surface area (Å²) in [5.41, 5.74) is 0.825. The summed E-state index contributed by atoms with van der Waals surface area (Å²) >= 11 is 0. The molecule has 5 nitrogen and oxygen atoms in total. The van der Waals surface area contributed by atoms with Crippen LogP contribution in [0.15, 0.2) is 60.7 Å². The zero-order valence-electron chi connectivity index (χ0n) is 16.8. The Bertz CT molecular complexity index is 805. The van der Waals surface area contributed by atoms with Crippen molar-refractivity contribution in [2.75, 3.05) is 26.2 Å². The number of hydrogen-bond donors (Lipinski definition) is 1. The van der Waals surface area contributed by atoms with Gasteiger partial charge in [-0.1, -0.05) is 48.5 Å². The molecule has 1 N–H and O–H groups in total. The van der Waals surface area contributed by atoms with Crippen molar-refractivity contribution in [2.45, 2.75) is 43.6 Å². The number of nitriles is 1. The number of ether oxygens (including phenoxy) is 1. The second-order valence-electron chi connectivity index (χ2n) is 8.12. The molecule has 5 heteroatoms. The van der Waals surface area contributed by atoms with Gasteiger partial charge >= 0.3 is 0 Å². The zero-order chi connectivity index (χ0) is 20.1. The van der Waals surface area contributed by atoms with Gasteiger partial charge in [-0.25, -0.2) is 4.90 Å². The highest BCUT2D eigenvalue weighted by molar-refractivity contribution is 5.33. The summed E-state index contributed by atoms with van der Waals surface area (Å²) < 4.78 is 5.65. The molecule has 1 aliphatic heterocycles. The van der Waals surface area contributed by atoms with Crippen LogP contribution in [0.3, 0.4) is 0 Å². The molecule has 4 rings (SSSR count). The molecular formula is C24H29N3O2. The lowest BCUT2D eigenvalue weighted by Crippen LogP contribution is -2.55. The summed E-state index contributed by atoms with van der Waals surface area (Å²) in [7, 11) is 0. The lowest BCUT2D eigenvalue weighted by molar-refractivity contribution is -0.149. The van der Waals surface area contributed by atoms with E-state index in [0.717, 1.165) is 57.4 Å². The Labute approximate surface area is 173 Å². The molecule has 2 aromatic carbocycles. The minimum absolute atomic E-state index is 0.334. The maximum atomic E-state index is 10.4. The molecule has 152 valence electrons. The van der Waals surface area contributed by atoms with E-state index in [2.05, 4.69) is 23.1 Å². The first-order valence-electron chi connectivity index (χ1n) is 10.5. The second kappa shape index (κ2) is 8.96. The Morgan fingerprint density at radius 2 is 1.52 bits per heavy atom. The van der Waals surface area contributed by atoms with Crippen molar-refractivity contribution in [3.63, 3.8) is 0 Å². The molecule has 1 unspecified atom stereocenters. The molecule has 2 aliphatic rings. The van der Waals surface area contributed by atoms with Crippen molar-refractivity contribution >= 4 is 0 Å². The van der Waals surface area contributed by atoms with Gasteiger partial charge in [0.15, 0.2) is 0 Å². The van der Waals surface area contributed by atoms with Gasteiger partial charge in [0.2, 0.25) is 0 Å². The maximum absolute atomic E-state index is 10.4. The summed E-state index contributed by atoms with van der Waals surface area (Å²) in [4.78, 5) is 4.51. The van der Waals surface area contributed by atoms with E-state index in [1.807, 2.05) is 53.4 Å². The lowest BCUT2D eigenvalue weighted by atomic mass is 9.69. The molecule has 0 bridgehead atoms. The molecule has 29 heavy (non-hydrogen) atoms. The van der Waals surface area contributed by atoms with Gasteiger partial charge in [-0.2, -0.15) is 5.26 Å². The van der Waals surface area contributed by atoms with E-state index in [-0.39, 0.29) is 5.41 Å². The third-order valence-electron chi connectivity index (χ3n) is 6.51. The fraction of sp³-hybridized carbons (Fsp3) is 0.458. The number of para-hydroxylation sites is 1. The molecule has 1 heterocycles. The predicted molar refractivity (Wildman–Crippen MR) is 112 cm³/mol. The van der Waals surface area contributed by atoms with Crippen LogP contribution >= 0.6 is 0 Å². The number of hydrogen-bond acceptors (Lipinski definition) is 5. The van der Waals surface area contributed by atoms with Gasteiger partial charge in [0.05, 0.1) is 11.5 Å². The Hall–Kier alpha value is -2.39. The Balaban J connectivity index is 1.28. The van der Waals surface area contributed by atoms with Crippen LogP contribution in [0.25, 0.3) is 0 Å². The Morgan fingerprint density at radius 3 is 2.10 bits per heavy atom. The first kappa shape index (κ1) is 19.9. The molecule has 1 saturated carbocycles. The van der Waals surface area contributed by atoms with Crippen molar-refractivity contribution in [1.29, 1.82) is 5.26 Å². The zero-order valence-corrected chi connectivity index (χ0v) is 16.8. The van der Waals surface area contributed by atoms with Crippen LogP contribution < -0.4 is 4.74 Å². The number of aliphatic hydroxyl groups excluding tert-OH is 1. The molecule has 1 saturated heterocycles. The number of aliphatic hydroxyl groups is 1. The summed E-state index contributed by atoms with van der Waals surface area (Å²) in [6, 6.07) is 22.9. The topological polar surface area (TPSA) is 59.7 Å². The maximum Gasteiger partial charge on any atom is 0.259 e. The molecule has 2 fully saturated rings. The fourth-order valence-corrected chi connectivity index (χ4v) is 4.70. The average molecular weight is 392 g/mol. The highest BCUT2D eigenvalue weighted by atomic mass is 16.6. The Kier molecular flexibility index (Phi) is 6.15. The van der Waals surface area contributed by atoms with Crippen molar-refractivity contribution in [3.05, 3.63) is 66.2 Å².